The molecule has 0 amide bonds. The number of para-hydroxylation sites is 2. The van der Waals surface area contributed by atoms with E-state index in [-0.39, 0.29) is 5.41 Å². The van der Waals surface area contributed by atoms with Crippen molar-refractivity contribution in [3.63, 3.8) is 0 Å². The number of rotatable bonds is 5. The number of pyridine rings is 1. The summed E-state index contributed by atoms with van der Waals surface area (Å²) in [5, 5.41) is 2.58. The fourth-order valence-corrected chi connectivity index (χ4v) is 9.67. The van der Waals surface area contributed by atoms with Crippen LogP contribution in [0.25, 0.3) is 83.3 Å². The molecule has 2 nitrogen and oxygen atoms in total. The summed E-state index contributed by atoms with van der Waals surface area (Å²) in [6, 6.07) is 65.0. The van der Waals surface area contributed by atoms with Crippen LogP contribution in [-0.2, 0) is 5.41 Å². The molecule has 9 aromatic rings. The molecule has 11 rings (SSSR count). The van der Waals surface area contributed by atoms with E-state index in [1.807, 2.05) is 18.3 Å². The third-order valence-corrected chi connectivity index (χ3v) is 12.2. The topological polar surface area (TPSA) is 17.8 Å². The minimum atomic E-state index is 0.0513. The molecule has 2 aliphatic rings. The number of nitrogens with zero attached hydrogens (tertiary/aromatic N) is 2. The summed E-state index contributed by atoms with van der Waals surface area (Å²) in [7, 11) is 0. The van der Waals surface area contributed by atoms with Gasteiger partial charge >= 0.3 is 0 Å². The Balaban J connectivity index is 0.972. The van der Waals surface area contributed by atoms with E-state index in [0.29, 0.717) is 0 Å². The minimum absolute atomic E-state index is 0.0513. The van der Waals surface area contributed by atoms with Gasteiger partial charge in [0.1, 0.15) is 0 Å². The van der Waals surface area contributed by atoms with Gasteiger partial charge in [0.05, 0.1) is 16.7 Å². The van der Waals surface area contributed by atoms with Crippen LogP contribution >= 0.6 is 0 Å². The van der Waals surface area contributed by atoms with Crippen molar-refractivity contribution in [1.82, 2.24) is 9.55 Å². The standard InChI is InChI=1S/C52H38N2/c1-3-21-50-45(18-1)46-19-2-4-22-51(46)54(50)42-17-11-15-38(32-42)40-24-26-44-43-25-23-39(33-47(43)52(48(44)34-40)27-6-7-28-52)36-13-9-12-35(30-36)37-14-10-16-41(31-37)49-20-5-8-29-53-49/h1-5,8-26,29-34H,6-7,27-28H2. The number of hydrogen-bond donors (Lipinski definition) is 0. The van der Waals surface area contributed by atoms with E-state index in [0.717, 1.165) is 11.3 Å². The van der Waals surface area contributed by atoms with Crippen molar-refractivity contribution >= 4 is 21.8 Å². The zero-order chi connectivity index (χ0) is 35.6. The average Bonchev–Trinajstić information content (AvgIpc) is 3.95. The molecule has 0 bridgehead atoms. The molecule has 0 unspecified atom stereocenters. The summed E-state index contributed by atoms with van der Waals surface area (Å²) < 4.78 is 2.42. The summed E-state index contributed by atoms with van der Waals surface area (Å²) >= 11 is 0. The highest BCUT2D eigenvalue weighted by Gasteiger charge is 2.45. The zero-order valence-electron chi connectivity index (χ0n) is 30.0. The Kier molecular flexibility index (Phi) is 7.07. The Morgan fingerprint density at radius 3 is 1.50 bits per heavy atom. The van der Waals surface area contributed by atoms with Crippen molar-refractivity contribution in [3.8, 4) is 61.5 Å². The van der Waals surface area contributed by atoms with Crippen molar-refractivity contribution in [1.29, 1.82) is 0 Å². The van der Waals surface area contributed by atoms with E-state index in [2.05, 4.69) is 173 Å². The molecule has 0 radical (unpaired) electrons. The first-order valence-corrected chi connectivity index (χ1v) is 19.2. The average molecular weight is 691 g/mol. The monoisotopic (exact) mass is 690 g/mol. The molecular formula is C52H38N2. The second kappa shape index (κ2) is 12.3. The Labute approximate surface area is 316 Å². The van der Waals surface area contributed by atoms with Crippen LogP contribution in [0.2, 0.25) is 0 Å². The second-order valence-corrected chi connectivity index (χ2v) is 15.1. The van der Waals surface area contributed by atoms with Crippen molar-refractivity contribution in [2.45, 2.75) is 31.1 Å². The van der Waals surface area contributed by atoms with Gasteiger partial charge in [-0.15, -0.1) is 0 Å². The van der Waals surface area contributed by atoms with Crippen LogP contribution in [0.1, 0.15) is 36.8 Å². The SMILES string of the molecule is c1ccc(-c2cccc(-c3cccc(-c4ccc5c(c4)C4(CCCC4)c4cc(-c6cccc(-n7c8ccccc8c8ccccc87)c6)ccc4-5)c3)c2)nc1. The summed E-state index contributed by atoms with van der Waals surface area (Å²) in [5.41, 5.74) is 19.2. The highest BCUT2D eigenvalue weighted by atomic mass is 15.0. The van der Waals surface area contributed by atoms with Crippen LogP contribution in [-0.4, -0.2) is 9.55 Å². The van der Waals surface area contributed by atoms with Gasteiger partial charge in [-0.1, -0.05) is 128 Å². The lowest BCUT2D eigenvalue weighted by molar-refractivity contribution is 0.550. The first-order valence-electron chi connectivity index (χ1n) is 19.2. The largest absolute Gasteiger partial charge is 0.309 e. The molecule has 256 valence electrons. The van der Waals surface area contributed by atoms with Gasteiger partial charge in [-0.3, -0.25) is 4.98 Å². The number of hydrogen-bond acceptors (Lipinski definition) is 1. The Hall–Kier alpha value is -6.51. The van der Waals surface area contributed by atoms with Gasteiger partial charge in [0.2, 0.25) is 0 Å². The molecule has 0 saturated heterocycles. The molecule has 0 N–H and O–H groups in total. The molecule has 0 aliphatic heterocycles. The maximum atomic E-state index is 4.59. The van der Waals surface area contributed by atoms with Crippen molar-refractivity contribution < 1.29 is 0 Å². The van der Waals surface area contributed by atoms with E-state index in [4.69, 9.17) is 0 Å². The smallest absolute Gasteiger partial charge is 0.0702 e. The molecular weight excluding hydrogens is 653 g/mol. The third-order valence-electron chi connectivity index (χ3n) is 12.2. The summed E-state index contributed by atoms with van der Waals surface area (Å²) in [5.74, 6) is 0. The summed E-state index contributed by atoms with van der Waals surface area (Å²) in [4.78, 5) is 4.59. The highest BCUT2D eigenvalue weighted by Crippen LogP contribution is 2.58. The Morgan fingerprint density at radius 2 is 0.907 bits per heavy atom. The minimum Gasteiger partial charge on any atom is -0.309 e. The zero-order valence-corrected chi connectivity index (χ0v) is 30.0. The molecule has 1 fully saturated rings. The van der Waals surface area contributed by atoms with Gasteiger partial charge in [-0.05, 0) is 129 Å². The van der Waals surface area contributed by atoms with Gasteiger partial charge in [-0.2, -0.15) is 0 Å². The summed E-state index contributed by atoms with van der Waals surface area (Å²) in [6.07, 6.45) is 6.78. The number of benzene rings is 7. The van der Waals surface area contributed by atoms with Crippen LogP contribution in [0.5, 0.6) is 0 Å². The van der Waals surface area contributed by atoms with Crippen molar-refractivity contribution in [2.75, 3.05) is 0 Å². The van der Waals surface area contributed by atoms with E-state index in [1.165, 1.54) is 109 Å². The first-order chi connectivity index (χ1) is 26.7. The third kappa shape index (κ3) is 4.83. The molecule has 2 aliphatic carbocycles. The molecule has 2 heteroatoms. The van der Waals surface area contributed by atoms with Gasteiger partial charge in [0, 0.05) is 33.6 Å². The second-order valence-electron chi connectivity index (χ2n) is 15.1. The van der Waals surface area contributed by atoms with Crippen LogP contribution in [0, 0.1) is 0 Å². The quantitative estimate of drug-likeness (QED) is 0.176. The molecule has 54 heavy (non-hydrogen) atoms. The fourth-order valence-electron chi connectivity index (χ4n) is 9.67. The van der Waals surface area contributed by atoms with Gasteiger partial charge in [0.25, 0.3) is 0 Å². The van der Waals surface area contributed by atoms with E-state index in [1.54, 1.807) is 0 Å². The lowest BCUT2D eigenvalue weighted by atomic mass is 9.75. The maximum absolute atomic E-state index is 4.59. The van der Waals surface area contributed by atoms with Crippen molar-refractivity contribution in [2.24, 2.45) is 0 Å². The molecule has 7 aromatic carbocycles. The predicted molar refractivity (Wildman–Crippen MR) is 225 cm³/mol. The van der Waals surface area contributed by atoms with E-state index >= 15 is 0 Å². The van der Waals surface area contributed by atoms with Gasteiger partial charge in [0.15, 0.2) is 0 Å². The molecule has 1 saturated carbocycles. The van der Waals surface area contributed by atoms with E-state index < -0.39 is 0 Å². The van der Waals surface area contributed by atoms with Gasteiger partial charge < -0.3 is 4.57 Å². The number of fused-ring (bicyclic) bond motifs is 8. The Morgan fingerprint density at radius 1 is 0.407 bits per heavy atom. The number of aromatic nitrogens is 2. The predicted octanol–water partition coefficient (Wildman–Crippen LogP) is 13.7. The Bertz CT molecular complexity index is 2840. The first kappa shape index (κ1) is 31.1. The van der Waals surface area contributed by atoms with Crippen molar-refractivity contribution in [3.05, 3.63) is 193 Å². The fraction of sp³-hybridized carbons (Fsp3) is 0.0962. The summed E-state index contributed by atoms with van der Waals surface area (Å²) in [6.45, 7) is 0. The van der Waals surface area contributed by atoms with E-state index in [9.17, 15) is 0 Å². The van der Waals surface area contributed by atoms with Crippen LogP contribution in [0.15, 0.2) is 182 Å². The van der Waals surface area contributed by atoms with Crippen LogP contribution < -0.4 is 0 Å². The molecule has 2 heterocycles. The van der Waals surface area contributed by atoms with Crippen LogP contribution in [0.3, 0.4) is 0 Å². The van der Waals surface area contributed by atoms with Gasteiger partial charge in [-0.25, -0.2) is 0 Å². The lowest BCUT2D eigenvalue weighted by Crippen LogP contribution is -2.20. The lowest BCUT2D eigenvalue weighted by Gasteiger charge is -2.27. The molecule has 2 aromatic heterocycles. The van der Waals surface area contributed by atoms with Crippen LogP contribution in [0.4, 0.5) is 0 Å². The normalized spacial score (nSPS) is 14.1. The molecule has 1 spiro atoms. The maximum Gasteiger partial charge on any atom is 0.0702 e. The molecule has 0 atom stereocenters. The highest BCUT2D eigenvalue weighted by molar-refractivity contribution is 6.09.